The molecule has 8 nitrogen and oxygen atoms in total. The number of nitrogens with one attached hydrogen (secondary N) is 1. The Labute approximate surface area is 125 Å². The van der Waals surface area contributed by atoms with Crippen LogP contribution >= 0.6 is 11.6 Å². The van der Waals surface area contributed by atoms with Crippen LogP contribution in [-0.4, -0.2) is 14.9 Å². The average Bonchev–Trinajstić information content (AvgIpc) is 2.48. The summed E-state index contributed by atoms with van der Waals surface area (Å²) in [5.41, 5.74) is 2.27. The van der Waals surface area contributed by atoms with Gasteiger partial charge in [-0.25, -0.2) is 10.8 Å². The number of aromatic nitrogens is 2. The average molecular weight is 310 g/mol. The molecule has 0 bridgehead atoms. The molecule has 2 rings (SSSR count). The van der Waals surface area contributed by atoms with Crippen LogP contribution in [0, 0.1) is 10.1 Å². The van der Waals surface area contributed by atoms with Gasteiger partial charge in [-0.15, -0.1) is 0 Å². The van der Waals surface area contributed by atoms with Gasteiger partial charge in [-0.05, 0) is 6.07 Å². The Hall–Kier alpha value is -2.45. The number of benzene rings is 1. The molecule has 0 radical (unpaired) electrons. The molecular formula is C12H12ClN5O3. The van der Waals surface area contributed by atoms with Crippen LogP contribution in [0.25, 0.3) is 0 Å². The van der Waals surface area contributed by atoms with Crippen LogP contribution in [-0.2, 0) is 6.42 Å². The quantitative estimate of drug-likeness (QED) is 0.495. The number of nitro groups is 1. The van der Waals surface area contributed by atoms with Crippen molar-refractivity contribution in [3.05, 3.63) is 45.2 Å². The normalized spacial score (nSPS) is 10.2. The molecular weight excluding hydrogens is 298 g/mol. The first-order valence-corrected chi connectivity index (χ1v) is 6.37. The number of ether oxygens (including phenoxy) is 1. The van der Waals surface area contributed by atoms with Gasteiger partial charge >= 0.3 is 0 Å². The van der Waals surface area contributed by atoms with Gasteiger partial charge in [0.05, 0.1) is 16.0 Å². The molecule has 21 heavy (non-hydrogen) atoms. The molecule has 0 spiro atoms. The highest BCUT2D eigenvalue weighted by Crippen LogP contribution is 2.32. The van der Waals surface area contributed by atoms with Crippen LogP contribution < -0.4 is 16.0 Å². The smallest absolute Gasteiger partial charge is 0.273 e. The van der Waals surface area contributed by atoms with Crippen LogP contribution in [0.4, 0.5) is 11.5 Å². The summed E-state index contributed by atoms with van der Waals surface area (Å²) in [4.78, 5) is 18.5. The predicted molar refractivity (Wildman–Crippen MR) is 77.4 cm³/mol. The lowest BCUT2D eigenvalue weighted by Crippen LogP contribution is -2.10. The van der Waals surface area contributed by atoms with Crippen molar-refractivity contribution in [3.63, 3.8) is 0 Å². The molecule has 1 aromatic carbocycles. The summed E-state index contributed by atoms with van der Waals surface area (Å²) in [5.74, 6) is 6.53. The summed E-state index contributed by atoms with van der Waals surface area (Å²) in [6.45, 7) is 1.87. The molecule has 0 saturated heterocycles. The number of hydrogen-bond donors (Lipinski definition) is 2. The fourth-order valence-corrected chi connectivity index (χ4v) is 1.71. The van der Waals surface area contributed by atoms with Gasteiger partial charge in [0.1, 0.15) is 11.6 Å². The molecule has 0 aliphatic heterocycles. The zero-order valence-electron chi connectivity index (χ0n) is 11.0. The lowest BCUT2D eigenvalue weighted by molar-refractivity contribution is -0.384. The van der Waals surface area contributed by atoms with Crippen LogP contribution in [0.5, 0.6) is 11.6 Å². The summed E-state index contributed by atoms with van der Waals surface area (Å²) in [6.07, 6.45) is 0.578. The monoisotopic (exact) mass is 309 g/mol. The van der Waals surface area contributed by atoms with Gasteiger partial charge in [0.15, 0.2) is 5.75 Å². The Morgan fingerprint density at radius 1 is 1.43 bits per heavy atom. The molecule has 0 unspecified atom stereocenters. The highest BCUT2D eigenvalue weighted by atomic mass is 35.5. The van der Waals surface area contributed by atoms with E-state index in [0.717, 1.165) is 0 Å². The molecule has 0 saturated carbocycles. The van der Waals surface area contributed by atoms with E-state index in [2.05, 4.69) is 15.4 Å². The first-order valence-electron chi connectivity index (χ1n) is 6.00. The molecule has 0 aliphatic carbocycles. The number of nitrogen functional groups attached to an aromatic ring is 1. The van der Waals surface area contributed by atoms with Crippen LogP contribution in [0.1, 0.15) is 12.7 Å². The summed E-state index contributed by atoms with van der Waals surface area (Å²) in [7, 11) is 0. The zero-order chi connectivity index (χ0) is 15.4. The van der Waals surface area contributed by atoms with Gasteiger partial charge in [-0.1, -0.05) is 18.5 Å². The van der Waals surface area contributed by atoms with E-state index in [0.29, 0.717) is 18.1 Å². The number of halogens is 1. The van der Waals surface area contributed by atoms with E-state index < -0.39 is 4.92 Å². The molecule has 0 fully saturated rings. The predicted octanol–water partition coefficient (Wildman–Crippen LogP) is 2.68. The first-order chi connectivity index (χ1) is 10.0. The maximum absolute atomic E-state index is 10.8. The molecule has 1 aromatic heterocycles. The molecule has 2 aromatic rings. The van der Waals surface area contributed by atoms with E-state index in [1.54, 1.807) is 0 Å². The number of nitrogens with two attached hydrogens (primary N) is 1. The largest absolute Gasteiger partial charge is 0.437 e. The van der Waals surface area contributed by atoms with Crippen molar-refractivity contribution < 1.29 is 9.66 Å². The summed E-state index contributed by atoms with van der Waals surface area (Å²) in [5, 5.41) is 11.0. The minimum absolute atomic E-state index is 0.128. The first kappa shape index (κ1) is 14.9. The van der Waals surface area contributed by atoms with E-state index in [9.17, 15) is 10.1 Å². The fraction of sp³-hybridized carbons (Fsp3) is 0.167. The lowest BCUT2D eigenvalue weighted by Gasteiger charge is -2.09. The number of hydrazine groups is 1. The Kier molecular flexibility index (Phi) is 4.51. The summed E-state index contributed by atoms with van der Waals surface area (Å²) < 4.78 is 5.50. The van der Waals surface area contributed by atoms with E-state index in [-0.39, 0.29) is 22.3 Å². The second-order valence-electron chi connectivity index (χ2n) is 3.98. The molecule has 0 atom stereocenters. The molecule has 9 heteroatoms. The number of non-ortho nitro benzene ring substituents is 1. The standard InChI is InChI=1S/C12H12ClN5O3/c1-2-10-15-11(17-14)6-12(16-10)21-9-5-7(18(19)20)3-4-8(9)13/h3-6H,2,14H2,1H3,(H,15,16,17). The van der Waals surface area contributed by atoms with E-state index in [4.69, 9.17) is 22.2 Å². The molecule has 110 valence electrons. The second-order valence-corrected chi connectivity index (χ2v) is 4.39. The van der Waals surface area contributed by atoms with Crippen molar-refractivity contribution in [1.82, 2.24) is 9.97 Å². The third kappa shape index (κ3) is 3.56. The SMILES string of the molecule is CCc1nc(NN)cc(Oc2cc([N+](=O)[O-])ccc2Cl)n1. The third-order valence-corrected chi connectivity index (χ3v) is 2.87. The van der Waals surface area contributed by atoms with Gasteiger partial charge in [-0.3, -0.25) is 10.1 Å². The van der Waals surface area contributed by atoms with Gasteiger partial charge in [-0.2, -0.15) is 4.98 Å². The number of anilines is 1. The minimum atomic E-state index is -0.534. The summed E-state index contributed by atoms with van der Waals surface area (Å²) in [6, 6.07) is 5.37. The van der Waals surface area contributed by atoms with Crippen molar-refractivity contribution >= 4 is 23.1 Å². The molecule has 3 N–H and O–H groups in total. The van der Waals surface area contributed by atoms with Gasteiger partial charge in [0, 0.05) is 18.6 Å². The maximum Gasteiger partial charge on any atom is 0.273 e. The maximum atomic E-state index is 10.8. The molecule has 0 amide bonds. The summed E-state index contributed by atoms with van der Waals surface area (Å²) >= 11 is 5.97. The zero-order valence-corrected chi connectivity index (χ0v) is 11.8. The van der Waals surface area contributed by atoms with E-state index in [1.165, 1.54) is 24.3 Å². The topological polar surface area (TPSA) is 116 Å². The lowest BCUT2D eigenvalue weighted by atomic mass is 10.3. The van der Waals surface area contributed by atoms with E-state index >= 15 is 0 Å². The fourth-order valence-electron chi connectivity index (χ4n) is 1.55. The van der Waals surface area contributed by atoms with Crippen LogP contribution in [0.2, 0.25) is 5.02 Å². The Balaban J connectivity index is 2.37. The van der Waals surface area contributed by atoms with Gasteiger partial charge < -0.3 is 10.2 Å². The number of hydrogen-bond acceptors (Lipinski definition) is 7. The molecule has 0 aliphatic rings. The van der Waals surface area contributed by atoms with E-state index in [1.807, 2.05) is 6.92 Å². The van der Waals surface area contributed by atoms with Gasteiger partial charge in [0.2, 0.25) is 5.88 Å². The Morgan fingerprint density at radius 3 is 2.81 bits per heavy atom. The number of rotatable bonds is 5. The third-order valence-electron chi connectivity index (χ3n) is 2.55. The number of nitrogens with zero attached hydrogens (tertiary/aromatic N) is 3. The van der Waals surface area contributed by atoms with Crippen molar-refractivity contribution in [3.8, 4) is 11.6 Å². The van der Waals surface area contributed by atoms with Gasteiger partial charge in [0.25, 0.3) is 5.69 Å². The van der Waals surface area contributed by atoms with Crippen LogP contribution in [0.15, 0.2) is 24.3 Å². The van der Waals surface area contributed by atoms with Crippen LogP contribution in [0.3, 0.4) is 0 Å². The van der Waals surface area contributed by atoms with Crippen molar-refractivity contribution in [2.24, 2.45) is 5.84 Å². The minimum Gasteiger partial charge on any atom is -0.437 e. The second kappa shape index (κ2) is 6.33. The van der Waals surface area contributed by atoms with Crippen molar-refractivity contribution in [2.45, 2.75) is 13.3 Å². The van der Waals surface area contributed by atoms with Crippen molar-refractivity contribution in [1.29, 1.82) is 0 Å². The Bertz CT molecular complexity index is 658. The van der Waals surface area contributed by atoms with Crippen molar-refractivity contribution in [2.75, 3.05) is 5.43 Å². The molecule has 1 heterocycles. The number of aryl methyl sites for hydroxylation is 1. The highest BCUT2D eigenvalue weighted by Gasteiger charge is 2.13. The Morgan fingerprint density at radius 2 is 2.19 bits per heavy atom. The highest BCUT2D eigenvalue weighted by molar-refractivity contribution is 6.32. The number of nitro benzene ring substituents is 1.